The Morgan fingerprint density at radius 1 is 1.50 bits per heavy atom. The molecule has 0 radical (unpaired) electrons. The molecule has 0 saturated carbocycles. The minimum atomic E-state index is -0.266. The summed E-state index contributed by atoms with van der Waals surface area (Å²) in [4.78, 5) is 25.3. The van der Waals surface area contributed by atoms with E-state index in [1.165, 1.54) is 11.2 Å². The van der Waals surface area contributed by atoms with Gasteiger partial charge in [-0.1, -0.05) is 0 Å². The third-order valence-corrected chi connectivity index (χ3v) is 3.33. The smallest absolute Gasteiger partial charge is 0.293 e. The van der Waals surface area contributed by atoms with E-state index >= 15 is 0 Å². The maximum atomic E-state index is 12.0. The fourth-order valence-electron chi connectivity index (χ4n) is 1.56. The quantitative estimate of drug-likeness (QED) is 0.605. The van der Waals surface area contributed by atoms with E-state index < -0.39 is 0 Å². The molecule has 18 heavy (non-hydrogen) atoms. The van der Waals surface area contributed by atoms with Gasteiger partial charge in [-0.3, -0.25) is 14.5 Å². The van der Waals surface area contributed by atoms with Crippen LogP contribution in [0.2, 0.25) is 0 Å². The Bertz CT molecular complexity index is 466. The number of nitrogens with zero attached hydrogens (tertiary/aromatic N) is 1. The van der Waals surface area contributed by atoms with Crippen molar-refractivity contribution in [2.45, 2.75) is 6.42 Å². The van der Waals surface area contributed by atoms with Crippen molar-refractivity contribution in [2.75, 3.05) is 20.3 Å². The van der Waals surface area contributed by atoms with Crippen LogP contribution in [-0.2, 0) is 9.53 Å². The number of furan rings is 1. The molecule has 96 valence electrons. The molecule has 0 unspecified atom stereocenters. The molecule has 0 atom stereocenters. The van der Waals surface area contributed by atoms with Gasteiger partial charge in [0, 0.05) is 26.3 Å². The van der Waals surface area contributed by atoms with E-state index in [4.69, 9.17) is 9.15 Å². The van der Waals surface area contributed by atoms with Gasteiger partial charge in [-0.25, -0.2) is 0 Å². The molecule has 5 nitrogen and oxygen atoms in total. The number of carbonyl (C=O) groups excluding carboxylic acids is 2. The summed E-state index contributed by atoms with van der Waals surface area (Å²) < 4.78 is 10.0. The molecule has 1 aliphatic rings. The minimum absolute atomic E-state index is 0.242. The molecule has 1 saturated heterocycles. The lowest BCUT2D eigenvalue weighted by Crippen LogP contribution is -2.29. The minimum Gasteiger partial charge on any atom is -0.465 e. The topological polar surface area (TPSA) is 59.8 Å². The molecule has 2 heterocycles. The SMILES string of the molecule is COCCCN1C(=O)S/C(=C/c2ccco2)C1=O. The molecule has 0 spiro atoms. The highest BCUT2D eigenvalue weighted by molar-refractivity contribution is 8.18. The summed E-state index contributed by atoms with van der Waals surface area (Å²) in [6, 6.07) is 3.47. The van der Waals surface area contributed by atoms with Gasteiger partial charge in [0.05, 0.1) is 11.2 Å². The highest BCUT2D eigenvalue weighted by atomic mass is 32.2. The second-order valence-corrected chi connectivity index (χ2v) is 4.69. The Kier molecular flexibility index (Phi) is 4.22. The van der Waals surface area contributed by atoms with E-state index in [0.29, 0.717) is 30.2 Å². The van der Waals surface area contributed by atoms with Gasteiger partial charge in [0.15, 0.2) is 0 Å². The molecule has 1 aliphatic heterocycles. The van der Waals surface area contributed by atoms with Crippen LogP contribution in [-0.4, -0.2) is 36.3 Å². The third-order valence-electron chi connectivity index (χ3n) is 2.42. The van der Waals surface area contributed by atoms with Crippen molar-refractivity contribution in [2.24, 2.45) is 0 Å². The number of amides is 2. The Balaban J connectivity index is 2.04. The number of rotatable bonds is 5. The molecule has 2 amide bonds. The maximum absolute atomic E-state index is 12.0. The summed E-state index contributed by atoms with van der Waals surface area (Å²) in [5, 5.41) is -0.242. The van der Waals surface area contributed by atoms with Gasteiger partial charge < -0.3 is 9.15 Å². The first-order chi connectivity index (χ1) is 8.72. The van der Waals surface area contributed by atoms with Crippen molar-refractivity contribution in [3.63, 3.8) is 0 Å². The van der Waals surface area contributed by atoms with Crippen LogP contribution in [0, 0.1) is 0 Å². The molecule has 0 N–H and O–H groups in total. The van der Waals surface area contributed by atoms with Gasteiger partial charge in [0.1, 0.15) is 5.76 Å². The molecule has 0 bridgehead atoms. The number of methoxy groups -OCH3 is 1. The summed E-state index contributed by atoms with van der Waals surface area (Å²) in [7, 11) is 1.59. The lowest BCUT2D eigenvalue weighted by Gasteiger charge is -2.11. The predicted octanol–water partition coefficient (Wildman–Crippen LogP) is 2.35. The highest BCUT2D eigenvalue weighted by Gasteiger charge is 2.34. The largest absolute Gasteiger partial charge is 0.465 e. The summed E-state index contributed by atoms with van der Waals surface area (Å²) in [5.74, 6) is 0.301. The summed E-state index contributed by atoms with van der Waals surface area (Å²) in [6.07, 6.45) is 3.75. The van der Waals surface area contributed by atoms with E-state index in [2.05, 4.69) is 0 Å². The molecule has 0 aliphatic carbocycles. The van der Waals surface area contributed by atoms with Crippen molar-refractivity contribution >= 4 is 29.0 Å². The van der Waals surface area contributed by atoms with E-state index in [1.54, 1.807) is 25.3 Å². The van der Waals surface area contributed by atoms with E-state index in [0.717, 1.165) is 11.8 Å². The van der Waals surface area contributed by atoms with Crippen LogP contribution in [0.1, 0.15) is 12.2 Å². The highest BCUT2D eigenvalue weighted by Crippen LogP contribution is 2.32. The molecule has 0 aromatic carbocycles. The van der Waals surface area contributed by atoms with Crippen LogP contribution in [0.4, 0.5) is 4.79 Å². The number of imide groups is 1. The first-order valence-corrected chi connectivity index (χ1v) is 6.32. The van der Waals surface area contributed by atoms with Gasteiger partial charge in [-0.15, -0.1) is 0 Å². The van der Waals surface area contributed by atoms with Gasteiger partial charge in [0.25, 0.3) is 11.1 Å². The number of carbonyl (C=O) groups is 2. The third kappa shape index (κ3) is 2.83. The summed E-state index contributed by atoms with van der Waals surface area (Å²) in [5.41, 5.74) is 0. The van der Waals surface area contributed by atoms with Crippen LogP contribution in [0.25, 0.3) is 6.08 Å². The fourth-order valence-corrected chi connectivity index (χ4v) is 2.41. The van der Waals surface area contributed by atoms with Crippen molar-refractivity contribution < 1.29 is 18.7 Å². The second-order valence-electron chi connectivity index (χ2n) is 3.70. The number of thioether (sulfide) groups is 1. The maximum Gasteiger partial charge on any atom is 0.293 e. The van der Waals surface area contributed by atoms with Gasteiger partial charge in [-0.2, -0.15) is 0 Å². The molecular weight excluding hydrogens is 254 g/mol. The average Bonchev–Trinajstić information content (AvgIpc) is 2.93. The Morgan fingerprint density at radius 3 is 3.00 bits per heavy atom. The zero-order valence-electron chi connectivity index (χ0n) is 9.92. The average molecular weight is 267 g/mol. The summed E-state index contributed by atoms with van der Waals surface area (Å²) >= 11 is 0.936. The van der Waals surface area contributed by atoms with Crippen LogP contribution < -0.4 is 0 Å². The molecule has 6 heteroatoms. The molecule has 1 aromatic heterocycles. The standard InChI is InChI=1S/C12H13NO4S/c1-16-6-3-5-13-11(14)10(18-12(13)15)8-9-4-2-7-17-9/h2,4,7-8H,3,5-6H2,1H3/b10-8+. The van der Waals surface area contributed by atoms with Crippen LogP contribution in [0.15, 0.2) is 27.7 Å². The molecule has 1 fully saturated rings. The van der Waals surface area contributed by atoms with Crippen LogP contribution >= 0.6 is 11.8 Å². The Morgan fingerprint density at radius 2 is 2.33 bits per heavy atom. The lowest BCUT2D eigenvalue weighted by atomic mass is 10.3. The first-order valence-electron chi connectivity index (χ1n) is 5.50. The van der Waals surface area contributed by atoms with Gasteiger partial charge in [-0.05, 0) is 30.3 Å². The van der Waals surface area contributed by atoms with Gasteiger partial charge in [0.2, 0.25) is 0 Å². The Labute approximate surface area is 109 Å². The van der Waals surface area contributed by atoms with Gasteiger partial charge >= 0.3 is 0 Å². The number of hydrogen-bond donors (Lipinski definition) is 0. The summed E-state index contributed by atoms with van der Waals surface area (Å²) in [6.45, 7) is 0.910. The number of hydrogen-bond acceptors (Lipinski definition) is 5. The van der Waals surface area contributed by atoms with Crippen molar-refractivity contribution in [1.82, 2.24) is 4.90 Å². The monoisotopic (exact) mass is 267 g/mol. The van der Waals surface area contributed by atoms with Crippen LogP contribution in [0.5, 0.6) is 0 Å². The van der Waals surface area contributed by atoms with Crippen molar-refractivity contribution in [3.8, 4) is 0 Å². The van der Waals surface area contributed by atoms with E-state index in [-0.39, 0.29) is 11.1 Å². The van der Waals surface area contributed by atoms with Crippen molar-refractivity contribution in [3.05, 3.63) is 29.1 Å². The first kappa shape index (κ1) is 12.9. The fraction of sp³-hybridized carbons (Fsp3) is 0.333. The second kappa shape index (κ2) is 5.88. The van der Waals surface area contributed by atoms with Crippen LogP contribution in [0.3, 0.4) is 0 Å². The molecular formula is C12H13NO4S. The van der Waals surface area contributed by atoms with E-state index in [1.807, 2.05) is 0 Å². The molecule has 1 aromatic rings. The Hall–Kier alpha value is -1.53. The van der Waals surface area contributed by atoms with Crippen molar-refractivity contribution in [1.29, 1.82) is 0 Å². The lowest BCUT2D eigenvalue weighted by molar-refractivity contribution is -0.122. The predicted molar refractivity (Wildman–Crippen MR) is 67.9 cm³/mol. The normalized spacial score (nSPS) is 18.1. The zero-order chi connectivity index (χ0) is 13.0. The number of ether oxygens (including phenoxy) is 1. The zero-order valence-corrected chi connectivity index (χ0v) is 10.7. The molecule has 2 rings (SSSR count). The van der Waals surface area contributed by atoms with E-state index in [9.17, 15) is 9.59 Å².